The van der Waals surface area contributed by atoms with Gasteiger partial charge in [-0.15, -0.1) is 21.9 Å². The molecule has 0 aliphatic rings. The molecule has 0 aliphatic carbocycles. The summed E-state index contributed by atoms with van der Waals surface area (Å²) in [6.07, 6.45) is 6.02. The van der Waals surface area contributed by atoms with Crippen LogP contribution in [0.25, 0.3) is 0 Å². The predicted molar refractivity (Wildman–Crippen MR) is 89.7 cm³/mol. The van der Waals surface area contributed by atoms with Crippen LogP contribution in [0.4, 0.5) is 0 Å². The largest absolute Gasteiger partial charge is 0.359 e. The lowest BCUT2D eigenvalue weighted by Gasteiger charge is -2.16. The number of hydrogen-bond donors (Lipinski definition) is 2. The van der Waals surface area contributed by atoms with Crippen LogP contribution in [0.15, 0.2) is 30.6 Å². The lowest BCUT2D eigenvalue weighted by molar-refractivity contribution is -0.742. The van der Waals surface area contributed by atoms with Gasteiger partial charge in [-0.25, -0.2) is 4.98 Å². The van der Waals surface area contributed by atoms with Crippen molar-refractivity contribution in [2.24, 2.45) is 0 Å². The smallest absolute Gasteiger partial charge is 0.291 e. The number of aromatic nitrogens is 2. The Balaban J connectivity index is 0.000000593. The molecule has 2 rings (SSSR count). The molecule has 10 heteroatoms. The molecule has 1 aromatic carbocycles. The molecule has 1 aromatic heterocycles. The molecule has 0 saturated heterocycles. The van der Waals surface area contributed by atoms with Gasteiger partial charge in [-0.05, 0) is 24.0 Å². The van der Waals surface area contributed by atoms with Gasteiger partial charge in [0.05, 0.1) is 5.94 Å². The minimum atomic E-state index is -1.50. The minimum Gasteiger partial charge on any atom is -0.359 e. The first kappa shape index (κ1) is 19.6. The molecule has 7 nitrogen and oxygen atoms in total. The second-order valence-corrected chi connectivity index (χ2v) is 5.87. The summed E-state index contributed by atoms with van der Waals surface area (Å²) in [4.78, 5) is 15.7. The highest BCUT2D eigenvalue weighted by Gasteiger charge is 2.17. The van der Waals surface area contributed by atoms with Gasteiger partial charge in [0.1, 0.15) is 11.9 Å². The second kappa shape index (κ2) is 10.3. The molecule has 0 saturated carbocycles. The van der Waals surface area contributed by atoms with Crippen molar-refractivity contribution in [3.8, 4) is 0 Å². The van der Waals surface area contributed by atoms with E-state index in [-0.39, 0.29) is 6.10 Å². The quantitative estimate of drug-likeness (QED) is 0.446. The molecule has 0 bridgehead atoms. The number of ether oxygens (including phenoxy) is 1. The van der Waals surface area contributed by atoms with E-state index in [1.807, 2.05) is 18.4 Å². The average molecular weight is 380 g/mol. The number of thioether (sulfide) groups is 1. The SMILES string of the molecule is CSCOC(Cc1ccc(Cl)cc1Cl)c1ncc[nH]1.O=[N+]([O-])O. The van der Waals surface area contributed by atoms with Crippen LogP contribution in [0.3, 0.4) is 0 Å². The van der Waals surface area contributed by atoms with E-state index < -0.39 is 5.09 Å². The standard InChI is InChI=1S/C13H14Cl2N2OS.HNO3/c1-19-8-18-12(13-16-4-5-17-13)6-9-2-3-10(14)7-11(9)15;2-1(3)4/h2-5,7,12H,6,8H2,1H3,(H,16,17);(H,2,3,4). The molecule has 0 radical (unpaired) electrons. The summed E-state index contributed by atoms with van der Waals surface area (Å²) in [5.41, 5.74) is 0.994. The van der Waals surface area contributed by atoms with Crippen LogP contribution in [0.5, 0.6) is 0 Å². The van der Waals surface area contributed by atoms with Gasteiger partial charge < -0.3 is 14.9 Å². The van der Waals surface area contributed by atoms with Gasteiger partial charge in [-0.1, -0.05) is 29.3 Å². The highest BCUT2D eigenvalue weighted by molar-refractivity contribution is 7.98. The molecule has 23 heavy (non-hydrogen) atoms. The fourth-order valence-electron chi connectivity index (χ4n) is 1.73. The highest BCUT2D eigenvalue weighted by Crippen LogP contribution is 2.27. The second-order valence-electron chi connectivity index (χ2n) is 4.21. The molecule has 1 heterocycles. The van der Waals surface area contributed by atoms with Crippen molar-refractivity contribution in [2.75, 3.05) is 12.2 Å². The number of aromatic amines is 1. The Bertz CT molecular complexity index is 609. The fraction of sp³-hybridized carbons (Fsp3) is 0.308. The first-order valence-electron chi connectivity index (χ1n) is 6.31. The van der Waals surface area contributed by atoms with Crippen LogP contribution < -0.4 is 0 Å². The topological polar surface area (TPSA) is 101 Å². The summed E-state index contributed by atoms with van der Waals surface area (Å²) in [5, 5.41) is 14.9. The van der Waals surface area contributed by atoms with Gasteiger partial charge in [-0.3, -0.25) is 0 Å². The van der Waals surface area contributed by atoms with Gasteiger partial charge in [0.2, 0.25) is 0 Å². The molecule has 1 atom stereocenters. The number of imidazole rings is 1. The van der Waals surface area contributed by atoms with Crippen LogP contribution >= 0.6 is 35.0 Å². The highest BCUT2D eigenvalue weighted by atomic mass is 35.5. The van der Waals surface area contributed by atoms with Crippen molar-refractivity contribution in [2.45, 2.75) is 12.5 Å². The number of benzene rings is 1. The molecule has 126 valence electrons. The number of H-pyrrole nitrogens is 1. The maximum absolute atomic E-state index is 8.36. The average Bonchev–Trinajstić information content (AvgIpc) is 2.99. The van der Waals surface area contributed by atoms with Crippen LogP contribution in [0.2, 0.25) is 10.0 Å². The Morgan fingerprint density at radius 3 is 2.74 bits per heavy atom. The molecule has 0 spiro atoms. The summed E-state index contributed by atoms with van der Waals surface area (Å²) >= 11 is 13.7. The van der Waals surface area contributed by atoms with Crippen LogP contribution in [0.1, 0.15) is 17.5 Å². The van der Waals surface area contributed by atoms with Crippen molar-refractivity contribution in [1.29, 1.82) is 0 Å². The number of nitrogens with zero attached hydrogens (tertiary/aromatic N) is 2. The molecular formula is C13H15Cl2N3O4S. The summed E-state index contributed by atoms with van der Waals surface area (Å²) in [6.45, 7) is 0. The van der Waals surface area contributed by atoms with E-state index in [2.05, 4.69) is 9.97 Å². The summed E-state index contributed by atoms with van der Waals surface area (Å²) in [6, 6.07) is 5.49. The Labute approximate surface area is 147 Å². The van der Waals surface area contributed by atoms with Gasteiger partial charge in [-0.2, -0.15) is 0 Å². The molecule has 2 N–H and O–H groups in total. The summed E-state index contributed by atoms with van der Waals surface area (Å²) in [7, 11) is 0. The van der Waals surface area contributed by atoms with Crippen molar-refractivity contribution < 1.29 is 15.0 Å². The van der Waals surface area contributed by atoms with Crippen LogP contribution in [-0.4, -0.2) is 32.5 Å². The molecule has 1 unspecified atom stereocenters. The monoisotopic (exact) mass is 379 g/mol. The van der Waals surface area contributed by atoms with E-state index >= 15 is 0 Å². The molecule has 0 fully saturated rings. The van der Waals surface area contributed by atoms with Crippen molar-refractivity contribution in [3.05, 3.63) is 62.1 Å². The van der Waals surface area contributed by atoms with E-state index in [0.717, 1.165) is 11.4 Å². The van der Waals surface area contributed by atoms with E-state index in [1.54, 1.807) is 30.2 Å². The lowest BCUT2D eigenvalue weighted by Crippen LogP contribution is -2.10. The number of rotatable bonds is 6. The fourth-order valence-corrected chi connectivity index (χ4v) is 2.51. The third-order valence-electron chi connectivity index (χ3n) is 2.63. The zero-order valence-corrected chi connectivity index (χ0v) is 14.4. The van der Waals surface area contributed by atoms with Crippen molar-refractivity contribution in [3.63, 3.8) is 0 Å². The number of halogens is 2. The van der Waals surface area contributed by atoms with Crippen LogP contribution in [0, 0.1) is 10.1 Å². The predicted octanol–water partition coefficient (Wildman–Crippen LogP) is 3.99. The Morgan fingerprint density at radius 1 is 1.52 bits per heavy atom. The molecular weight excluding hydrogens is 365 g/mol. The summed E-state index contributed by atoms with van der Waals surface area (Å²) in [5.74, 6) is 1.41. The van der Waals surface area contributed by atoms with E-state index in [4.69, 9.17) is 43.3 Å². The van der Waals surface area contributed by atoms with Crippen LogP contribution in [-0.2, 0) is 11.2 Å². The van der Waals surface area contributed by atoms with Crippen molar-refractivity contribution >= 4 is 35.0 Å². The number of hydrogen-bond acceptors (Lipinski definition) is 5. The maximum Gasteiger partial charge on any atom is 0.291 e. The van der Waals surface area contributed by atoms with Crippen molar-refractivity contribution in [1.82, 2.24) is 9.97 Å². The van der Waals surface area contributed by atoms with Gasteiger partial charge in [0.25, 0.3) is 5.09 Å². The Kier molecular flexibility index (Phi) is 8.78. The van der Waals surface area contributed by atoms with E-state index in [9.17, 15) is 0 Å². The lowest BCUT2D eigenvalue weighted by atomic mass is 10.1. The minimum absolute atomic E-state index is 0.138. The summed E-state index contributed by atoms with van der Waals surface area (Å²) < 4.78 is 5.80. The third-order valence-corrected chi connectivity index (χ3v) is 3.59. The maximum atomic E-state index is 8.36. The Hall–Kier alpha value is -1.48. The zero-order valence-electron chi connectivity index (χ0n) is 12.1. The first-order chi connectivity index (χ1) is 10.9. The number of nitrogens with one attached hydrogen (secondary N) is 1. The van der Waals surface area contributed by atoms with Gasteiger partial charge >= 0.3 is 0 Å². The molecule has 2 aromatic rings. The first-order valence-corrected chi connectivity index (χ1v) is 8.46. The molecule has 0 aliphatic heterocycles. The zero-order chi connectivity index (χ0) is 17.2. The normalized spacial score (nSPS) is 11.4. The molecule has 0 amide bonds. The third kappa shape index (κ3) is 7.56. The Morgan fingerprint density at radius 2 is 2.22 bits per heavy atom. The van der Waals surface area contributed by atoms with E-state index in [0.29, 0.717) is 22.4 Å². The van der Waals surface area contributed by atoms with Gasteiger partial charge in [0.15, 0.2) is 0 Å². The van der Waals surface area contributed by atoms with Gasteiger partial charge in [0, 0.05) is 28.9 Å². The van der Waals surface area contributed by atoms with E-state index in [1.165, 1.54) is 0 Å².